The largest absolute Gasteiger partial charge is 0.456 e. The molecular formula is C29H49NO7. The fraction of sp³-hybridized carbons (Fsp3) is 0.862. The van der Waals surface area contributed by atoms with Crippen molar-refractivity contribution >= 4 is 11.8 Å². The lowest BCUT2D eigenvalue weighted by Gasteiger charge is -2.64. The average Bonchev–Trinajstić information content (AvgIpc) is 2.81. The Morgan fingerprint density at radius 1 is 1.22 bits per heavy atom. The van der Waals surface area contributed by atoms with Gasteiger partial charge in [-0.3, -0.25) is 4.79 Å². The second kappa shape index (κ2) is 10.3. The number of allylic oxidation sites excluding steroid dienone is 1. The van der Waals surface area contributed by atoms with Gasteiger partial charge in [0, 0.05) is 29.7 Å². The van der Waals surface area contributed by atoms with Gasteiger partial charge < -0.3 is 30.1 Å². The molecule has 3 aliphatic rings. The van der Waals surface area contributed by atoms with Crippen LogP contribution in [0.5, 0.6) is 0 Å². The summed E-state index contributed by atoms with van der Waals surface area (Å²) in [7, 11) is 1.65. The number of carbonyl (C=O) groups excluding carboxylic acids is 2. The molecule has 0 spiro atoms. The molecule has 8 nitrogen and oxygen atoms in total. The highest BCUT2D eigenvalue weighted by atomic mass is 16.6. The number of hydrogen-bond acceptors (Lipinski definition) is 8. The van der Waals surface area contributed by atoms with Gasteiger partial charge in [0.05, 0.1) is 18.8 Å². The maximum Gasteiger partial charge on any atom is 0.337 e. The van der Waals surface area contributed by atoms with Crippen molar-refractivity contribution in [2.45, 2.75) is 111 Å². The number of fused-ring (bicyclic) bond motifs is 3. The molecule has 3 rings (SSSR count). The molecule has 0 bridgehead atoms. The molecule has 0 amide bonds. The predicted octanol–water partition coefficient (Wildman–Crippen LogP) is 2.63. The summed E-state index contributed by atoms with van der Waals surface area (Å²) in [5.41, 5.74) is -0.931. The van der Waals surface area contributed by atoms with Crippen LogP contribution in [0, 0.1) is 34.5 Å². The van der Waals surface area contributed by atoms with Crippen LogP contribution in [0.1, 0.15) is 75.2 Å². The third-order valence-electron chi connectivity index (χ3n) is 9.94. The standard InChI is InChI=1S/C29H49NO7/c1-14-11-21-29(35,13-36-21)24-15(2)19(31)12-20(37-26(34)23(32)18(5)30-10)16(3)22(27(6,7)8)17(4)25(33)28(14,24)9/h14-15,17-21,23-24,30-32,35H,11-13H2,1-10H3/b22-16-/t14-,15?,17+,18?,19?,20?,21?,23?,24?,28+,29?/m0/s1. The van der Waals surface area contributed by atoms with Gasteiger partial charge in [-0.1, -0.05) is 54.0 Å². The Bertz CT molecular complexity index is 926. The Kier molecular flexibility index (Phi) is 8.45. The Morgan fingerprint density at radius 3 is 2.30 bits per heavy atom. The molecule has 0 aromatic heterocycles. The van der Waals surface area contributed by atoms with E-state index >= 15 is 0 Å². The van der Waals surface area contributed by atoms with Gasteiger partial charge >= 0.3 is 5.97 Å². The van der Waals surface area contributed by atoms with Crippen molar-refractivity contribution in [1.29, 1.82) is 0 Å². The van der Waals surface area contributed by atoms with Crippen LogP contribution >= 0.6 is 0 Å². The van der Waals surface area contributed by atoms with E-state index in [4.69, 9.17) is 9.47 Å². The van der Waals surface area contributed by atoms with E-state index in [0.29, 0.717) is 6.42 Å². The van der Waals surface area contributed by atoms with Crippen molar-refractivity contribution in [3.63, 3.8) is 0 Å². The molecule has 2 aliphatic carbocycles. The van der Waals surface area contributed by atoms with Crippen LogP contribution in [0.15, 0.2) is 11.1 Å². The Morgan fingerprint density at radius 2 is 1.81 bits per heavy atom. The van der Waals surface area contributed by atoms with E-state index < -0.39 is 64.5 Å². The summed E-state index contributed by atoms with van der Waals surface area (Å²) in [6.07, 6.45) is -2.86. The lowest BCUT2D eigenvalue weighted by molar-refractivity contribution is -0.318. The van der Waals surface area contributed by atoms with E-state index in [1.165, 1.54) is 0 Å². The molecule has 1 saturated heterocycles. The maximum absolute atomic E-state index is 14.5. The summed E-state index contributed by atoms with van der Waals surface area (Å²) in [6.45, 7) is 17.6. The molecule has 8 unspecified atom stereocenters. The summed E-state index contributed by atoms with van der Waals surface area (Å²) in [5.74, 6) is -2.30. The Labute approximate surface area is 222 Å². The van der Waals surface area contributed by atoms with Crippen molar-refractivity contribution in [2.75, 3.05) is 13.7 Å². The molecule has 8 heteroatoms. The van der Waals surface area contributed by atoms with Crippen LogP contribution in [0.2, 0.25) is 0 Å². The minimum Gasteiger partial charge on any atom is -0.456 e. The number of likely N-dealkylation sites (N-methyl/N-ethyl adjacent to an activating group) is 1. The number of aliphatic hydroxyl groups is 3. The van der Waals surface area contributed by atoms with Crippen molar-refractivity contribution in [2.24, 2.45) is 34.5 Å². The minimum atomic E-state index is -1.38. The first kappa shape index (κ1) is 30.2. The first-order valence-electron chi connectivity index (χ1n) is 13.8. The molecule has 0 aromatic carbocycles. The first-order valence-corrected chi connectivity index (χ1v) is 13.8. The molecule has 0 radical (unpaired) electrons. The van der Waals surface area contributed by atoms with Crippen LogP contribution in [-0.4, -0.2) is 76.8 Å². The number of esters is 1. The Hall–Kier alpha value is -1.32. The monoisotopic (exact) mass is 523 g/mol. The van der Waals surface area contributed by atoms with Gasteiger partial charge in [-0.25, -0.2) is 4.79 Å². The molecule has 37 heavy (non-hydrogen) atoms. The van der Waals surface area contributed by atoms with E-state index in [2.05, 4.69) is 5.32 Å². The highest BCUT2D eigenvalue weighted by Crippen LogP contribution is 2.60. The van der Waals surface area contributed by atoms with E-state index in [1.807, 2.05) is 55.4 Å². The quantitative estimate of drug-likeness (QED) is 0.327. The van der Waals surface area contributed by atoms with Gasteiger partial charge in [-0.05, 0) is 50.1 Å². The molecule has 1 heterocycles. The SMILES string of the molecule is CNC(C)C(O)C(=O)OC1CC(O)C(C)C2C3(O)COC3C[C@H](C)[C@@]2(C)C(=O)[C@H](C)/C(C(C)(C)C)=C/1C. The molecule has 212 valence electrons. The molecule has 0 aromatic rings. The summed E-state index contributed by atoms with van der Waals surface area (Å²) in [4.78, 5) is 27.5. The number of carbonyl (C=O) groups is 2. The molecular weight excluding hydrogens is 474 g/mol. The van der Waals surface area contributed by atoms with Crippen LogP contribution in [0.3, 0.4) is 0 Å². The summed E-state index contributed by atoms with van der Waals surface area (Å²) in [6, 6.07) is -0.517. The fourth-order valence-corrected chi connectivity index (χ4v) is 7.62. The second-order valence-corrected chi connectivity index (χ2v) is 13.2. The number of ether oxygens (including phenoxy) is 2. The molecule has 4 N–H and O–H groups in total. The fourth-order valence-electron chi connectivity index (χ4n) is 7.62. The van der Waals surface area contributed by atoms with Gasteiger partial charge in [-0.15, -0.1) is 0 Å². The zero-order chi connectivity index (χ0) is 28.2. The van der Waals surface area contributed by atoms with E-state index in [9.17, 15) is 24.9 Å². The lowest BCUT2D eigenvalue weighted by Crippen LogP contribution is -2.74. The summed E-state index contributed by atoms with van der Waals surface area (Å²) < 4.78 is 11.6. The van der Waals surface area contributed by atoms with Gasteiger partial charge in [0.2, 0.25) is 0 Å². The second-order valence-electron chi connectivity index (χ2n) is 13.2. The maximum atomic E-state index is 14.5. The van der Waals surface area contributed by atoms with Crippen molar-refractivity contribution in [3.05, 3.63) is 11.1 Å². The van der Waals surface area contributed by atoms with Crippen LogP contribution in [0.4, 0.5) is 0 Å². The van der Waals surface area contributed by atoms with Crippen molar-refractivity contribution in [3.8, 4) is 0 Å². The van der Waals surface area contributed by atoms with Crippen molar-refractivity contribution < 1.29 is 34.4 Å². The number of nitrogens with one attached hydrogen (secondary N) is 1. The molecule has 2 fully saturated rings. The van der Waals surface area contributed by atoms with Gasteiger partial charge in [0.25, 0.3) is 0 Å². The summed E-state index contributed by atoms with van der Waals surface area (Å²) >= 11 is 0. The number of ketones is 1. The smallest absolute Gasteiger partial charge is 0.337 e. The van der Waals surface area contributed by atoms with Crippen LogP contribution < -0.4 is 5.32 Å². The lowest BCUT2D eigenvalue weighted by atomic mass is 9.47. The van der Waals surface area contributed by atoms with Gasteiger partial charge in [0.1, 0.15) is 17.5 Å². The normalized spacial score (nSPS) is 44.7. The topological polar surface area (TPSA) is 125 Å². The van der Waals surface area contributed by atoms with Gasteiger partial charge in [-0.2, -0.15) is 0 Å². The number of aliphatic hydroxyl groups excluding tert-OH is 2. The van der Waals surface area contributed by atoms with Crippen LogP contribution in [-0.2, 0) is 19.1 Å². The highest BCUT2D eigenvalue weighted by molar-refractivity contribution is 5.90. The predicted molar refractivity (Wildman–Crippen MR) is 141 cm³/mol. The average molecular weight is 524 g/mol. The number of hydrogen-bond donors (Lipinski definition) is 4. The zero-order valence-electron chi connectivity index (χ0n) is 24.3. The molecule has 1 saturated carbocycles. The summed E-state index contributed by atoms with van der Waals surface area (Å²) in [5, 5.41) is 36.7. The van der Waals surface area contributed by atoms with E-state index in [1.54, 1.807) is 14.0 Å². The molecule has 11 atom stereocenters. The number of Topliss-reactive ketones (excluding diaryl/α,β-unsaturated/α-hetero) is 1. The van der Waals surface area contributed by atoms with E-state index in [-0.39, 0.29) is 30.8 Å². The van der Waals surface area contributed by atoms with E-state index in [0.717, 1.165) is 11.1 Å². The first-order chi connectivity index (χ1) is 16.9. The third kappa shape index (κ3) is 4.93. The highest BCUT2D eigenvalue weighted by Gasteiger charge is 2.68. The Balaban J connectivity index is 2.18. The zero-order valence-corrected chi connectivity index (χ0v) is 24.3. The van der Waals surface area contributed by atoms with Crippen LogP contribution in [0.25, 0.3) is 0 Å². The third-order valence-corrected chi connectivity index (χ3v) is 9.94. The molecule has 1 aliphatic heterocycles. The minimum absolute atomic E-state index is 0.0305. The number of rotatable bonds is 4. The van der Waals surface area contributed by atoms with Crippen molar-refractivity contribution in [1.82, 2.24) is 5.32 Å². The van der Waals surface area contributed by atoms with Gasteiger partial charge in [0.15, 0.2) is 6.10 Å².